The van der Waals surface area contributed by atoms with Gasteiger partial charge in [0.1, 0.15) is 12.3 Å². The Balaban J connectivity index is 2.03. The van der Waals surface area contributed by atoms with Gasteiger partial charge in [-0.1, -0.05) is 12.1 Å². The summed E-state index contributed by atoms with van der Waals surface area (Å²) in [6.45, 7) is -1.35. The number of fused-ring (bicyclic) bond motifs is 1. The molecule has 1 atom stereocenters. The van der Waals surface area contributed by atoms with Gasteiger partial charge in [0.25, 0.3) is 5.91 Å². The van der Waals surface area contributed by atoms with Crippen molar-refractivity contribution in [2.75, 3.05) is 11.9 Å². The molecule has 21 heavy (non-hydrogen) atoms. The number of anilines is 1. The van der Waals surface area contributed by atoms with E-state index in [1.165, 1.54) is 18.4 Å². The van der Waals surface area contributed by atoms with Crippen LogP contribution in [0.2, 0.25) is 0 Å². The third-order valence-electron chi connectivity index (χ3n) is 3.18. The summed E-state index contributed by atoms with van der Waals surface area (Å²) >= 11 is 0. The molecule has 1 aromatic heterocycles. The molecule has 0 saturated carbocycles. The van der Waals surface area contributed by atoms with Crippen LogP contribution in [-0.2, 0) is 0 Å². The van der Waals surface area contributed by atoms with E-state index >= 15 is 0 Å². The van der Waals surface area contributed by atoms with Gasteiger partial charge < -0.3 is 14.6 Å². The SMILES string of the molecule is O=C1c2ccccc2NC(c2ccco2)N1CC(F)(F)F. The van der Waals surface area contributed by atoms with Crippen LogP contribution >= 0.6 is 0 Å². The maximum Gasteiger partial charge on any atom is 0.406 e. The fourth-order valence-corrected chi connectivity index (χ4v) is 2.32. The van der Waals surface area contributed by atoms with Crippen LogP contribution in [0.4, 0.5) is 18.9 Å². The summed E-state index contributed by atoms with van der Waals surface area (Å²) in [7, 11) is 0. The molecule has 1 N–H and O–H groups in total. The zero-order chi connectivity index (χ0) is 15.0. The Morgan fingerprint density at radius 2 is 1.95 bits per heavy atom. The van der Waals surface area contributed by atoms with E-state index in [4.69, 9.17) is 4.42 Å². The first-order valence-electron chi connectivity index (χ1n) is 6.22. The molecule has 4 nitrogen and oxygen atoms in total. The number of para-hydroxylation sites is 1. The quantitative estimate of drug-likeness (QED) is 0.923. The summed E-state index contributed by atoms with van der Waals surface area (Å²) in [6, 6.07) is 9.55. The van der Waals surface area contributed by atoms with Gasteiger partial charge in [-0.2, -0.15) is 13.2 Å². The van der Waals surface area contributed by atoms with E-state index in [9.17, 15) is 18.0 Å². The number of amides is 1. The molecule has 1 aliphatic rings. The molecule has 0 bridgehead atoms. The standard InChI is InChI=1S/C14H11F3N2O2/c15-14(16,17)8-19-12(11-6-3-7-21-11)18-10-5-2-1-4-9(10)13(19)20/h1-7,12,18H,8H2. The van der Waals surface area contributed by atoms with Crippen molar-refractivity contribution < 1.29 is 22.4 Å². The summed E-state index contributed by atoms with van der Waals surface area (Å²) in [5.41, 5.74) is 0.701. The van der Waals surface area contributed by atoms with Crippen LogP contribution in [0.25, 0.3) is 0 Å². The number of nitrogens with zero attached hydrogens (tertiary/aromatic N) is 1. The van der Waals surface area contributed by atoms with Crippen LogP contribution in [-0.4, -0.2) is 23.5 Å². The lowest BCUT2D eigenvalue weighted by Crippen LogP contribution is -2.47. The average molecular weight is 296 g/mol. The Labute approximate surface area is 118 Å². The van der Waals surface area contributed by atoms with Gasteiger partial charge in [-0.25, -0.2) is 0 Å². The van der Waals surface area contributed by atoms with Crippen molar-refractivity contribution in [2.24, 2.45) is 0 Å². The topological polar surface area (TPSA) is 45.5 Å². The number of benzene rings is 1. The van der Waals surface area contributed by atoms with E-state index in [0.717, 1.165) is 4.90 Å². The molecule has 0 radical (unpaired) electrons. The molecule has 1 amide bonds. The van der Waals surface area contributed by atoms with Crippen molar-refractivity contribution in [3.05, 3.63) is 54.0 Å². The number of carbonyl (C=O) groups is 1. The summed E-state index contributed by atoms with van der Waals surface area (Å²) < 4.78 is 43.4. The number of alkyl halides is 3. The molecule has 7 heteroatoms. The predicted octanol–water partition coefficient (Wildman–Crippen LogP) is 3.41. The fourth-order valence-electron chi connectivity index (χ4n) is 2.32. The Morgan fingerprint density at radius 3 is 2.62 bits per heavy atom. The second-order valence-corrected chi connectivity index (χ2v) is 4.66. The number of hydrogen-bond acceptors (Lipinski definition) is 3. The number of halogens is 3. The predicted molar refractivity (Wildman–Crippen MR) is 68.6 cm³/mol. The van der Waals surface area contributed by atoms with Crippen LogP contribution in [0.15, 0.2) is 47.1 Å². The first-order valence-corrected chi connectivity index (χ1v) is 6.22. The Bertz CT molecular complexity index is 652. The molecule has 0 fully saturated rings. The van der Waals surface area contributed by atoms with Crippen LogP contribution in [0.5, 0.6) is 0 Å². The minimum atomic E-state index is -4.49. The first kappa shape index (κ1) is 13.5. The summed E-state index contributed by atoms with van der Waals surface area (Å²) in [4.78, 5) is 13.1. The summed E-state index contributed by atoms with van der Waals surface area (Å²) in [6.07, 6.45) is -4.12. The van der Waals surface area contributed by atoms with Crippen molar-refractivity contribution in [2.45, 2.75) is 12.3 Å². The van der Waals surface area contributed by atoms with Crippen LogP contribution in [0.1, 0.15) is 22.3 Å². The number of hydrogen-bond donors (Lipinski definition) is 1. The second kappa shape index (κ2) is 4.83. The Morgan fingerprint density at radius 1 is 1.19 bits per heavy atom. The number of nitrogens with one attached hydrogen (secondary N) is 1. The maximum atomic E-state index is 12.8. The van der Waals surface area contributed by atoms with E-state index in [1.807, 2.05) is 0 Å². The zero-order valence-electron chi connectivity index (χ0n) is 10.7. The molecule has 1 aliphatic heterocycles. The average Bonchev–Trinajstić information content (AvgIpc) is 2.94. The molecular weight excluding hydrogens is 285 g/mol. The highest BCUT2D eigenvalue weighted by atomic mass is 19.4. The van der Waals surface area contributed by atoms with Gasteiger partial charge in [0, 0.05) is 5.69 Å². The number of carbonyl (C=O) groups excluding carboxylic acids is 1. The lowest BCUT2D eigenvalue weighted by atomic mass is 10.1. The van der Waals surface area contributed by atoms with Gasteiger partial charge in [0.15, 0.2) is 6.17 Å². The van der Waals surface area contributed by atoms with Gasteiger partial charge in [-0.05, 0) is 24.3 Å². The van der Waals surface area contributed by atoms with Gasteiger partial charge in [0.05, 0.1) is 11.8 Å². The minimum absolute atomic E-state index is 0.213. The lowest BCUT2D eigenvalue weighted by Gasteiger charge is -2.37. The third-order valence-corrected chi connectivity index (χ3v) is 3.18. The summed E-state index contributed by atoms with van der Waals surface area (Å²) in [5.74, 6) is -0.426. The molecule has 0 spiro atoms. The highest BCUT2D eigenvalue weighted by Gasteiger charge is 2.41. The monoisotopic (exact) mass is 296 g/mol. The highest BCUT2D eigenvalue weighted by molar-refractivity contribution is 6.01. The van der Waals surface area contributed by atoms with Crippen LogP contribution in [0.3, 0.4) is 0 Å². The number of furan rings is 1. The van der Waals surface area contributed by atoms with Crippen molar-refractivity contribution >= 4 is 11.6 Å². The summed E-state index contributed by atoms with van der Waals surface area (Å²) in [5, 5.41) is 2.91. The maximum absolute atomic E-state index is 12.8. The van der Waals surface area contributed by atoms with Gasteiger partial charge in [0.2, 0.25) is 0 Å². The van der Waals surface area contributed by atoms with Crippen molar-refractivity contribution in [1.82, 2.24) is 4.90 Å². The molecule has 110 valence electrons. The molecule has 0 aliphatic carbocycles. The van der Waals surface area contributed by atoms with E-state index in [1.54, 1.807) is 24.3 Å². The van der Waals surface area contributed by atoms with Crippen LogP contribution < -0.4 is 5.32 Å². The smallest absolute Gasteiger partial charge is 0.406 e. The van der Waals surface area contributed by atoms with Gasteiger partial charge in [-0.15, -0.1) is 0 Å². The molecule has 2 heterocycles. The van der Waals surface area contributed by atoms with Gasteiger partial charge in [-0.3, -0.25) is 4.79 Å². The molecule has 1 aromatic carbocycles. The highest BCUT2D eigenvalue weighted by Crippen LogP contribution is 2.35. The van der Waals surface area contributed by atoms with E-state index in [-0.39, 0.29) is 11.3 Å². The first-order chi connectivity index (χ1) is 9.96. The largest absolute Gasteiger partial charge is 0.465 e. The normalized spacial score (nSPS) is 18.3. The Hall–Kier alpha value is -2.44. The minimum Gasteiger partial charge on any atom is -0.465 e. The molecular formula is C14H11F3N2O2. The van der Waals surface area contributed by atoms with Crippen LogP contribution in [0, 0.1) is 0 Å². The van der Waals surface area contributed by atoms with Crippen molar-refractivity contribution in [3.8, 4) is 0 Å². The van der Waals surface area contributed by atoms with E-state index in [0.29, 0.717) is 5.69 Å². The second-order valence-electron chi connectivity index (χ2n) is 4.66. The fraction of sp³-hybridized carbons (Fsp3) is 0.214. The van der Waals surface area contributed by atoms with Gasteiger partial charge >= 0.3 is 6.18 Å². The lowest BCUT2D eigenvalue weighted by molar-refractivity contribution is -0.144. The molecule has 1 unspecified atom stereocenters. The molecule has 3 rings (SSSR count). The van der Waals surface area contributed by atoms with Crippen molar-refractivity contribution in [3.63, 3.8) is 0 Å². The Kier molecular flexibility index (Phi) is 3.12. The zero-order valence-corrected chi connectivity index (χ0v) is 10.7. The molecule has 0 saturated heterocycles. The molecule has 2 aromatic rings. The van der Waals surface area contributed by atoms with E-state index < -0.39 is 24.8 Å². The third kappa shape index (κ3) is 2.58. The van der Waals surface area contributed by atoms with Crippen molar-refractivity contribution in [1.29, 1.82) is 0 Å². The number of rotatable bonds is 2. The van der Waals surface area contributed by atoms with E-state index in [2.05, 4.69) is 5.32 Å².